The van der Waals surface area contributed by atoms with Crippen LogP contribution in [-0.4, -0.2) is 12.5 Å². The summed E-state index contributed by atoms with van der Waals surface area (Å²) in [6, 6.07) is 0. The maximum absolute atomic E-state index is 5.28. The molecule has 4 nitrogen and oxygen atoms in total. The van der Waals surface area contributed by atoms with Gasteiger partial charge in [0.2, 0.25) is 6.29 Å². The first kappa shape index (κ1) is 9.12. The summed E-state index contributed by atoms with van der Waals surface area (Å²) >= 11 is 0. The van der Waals surface area contributed by atoms with E-state index in [4.69, 9.17) is 11.5 Å². The molecule has 12 heavy (non-hydrogen) atoms. The van der Waals surface area contributed by atoms with E-state index in [1.54, 1.807) is 0 Å². The fourth-order valence-corrected chi connectivity index (χ4v) is 0.970. The van der Waals surface area contributed by atoms with E-state index < -0.39 is 6.29 Å². The summed E-state index contributed by atoms with van der Waals surface area (Å²) in [5.74, 6) is 0.394. The van der Waals surface area contributed by atoms with Crippen LogP contribution in [0.15, 0.2) is 29.4 Å². The van der Waals surface area contributed by atoms with Gasteiger partial charge in [-0.25, -0.2) is 0 Å². The van der Waals surface area contributed by atoms with E-state index in [0.29, 0.717) is 5.92 Å². The van der Waals surface area contributed by atoms with Crippen molar-refractivity contribution in [1.82, 2.24) is 0 Å². The Hall–Kier alpha value is -0.970. The molecule has 4 heteroatoms. The summed E-state index contributed by atoms with van der Waals surface area (Å²) in [4.78, 5) is 0. The van der Waals surface area contributed by atoms with Crippen molar-refractivity contribution in [2.75, 3.05) is 0 Å². The van der Waals surface area contributed by atoms with Crippen LogP contribution >= 0.6 is 0 Å². The van der Waals surface area contributed by atoms with Gasteiger partial charge in [-0.05, 0) is 6.42 Å². The Bertz CT molecular complexity index is 205. The number of nitrogens with zero attached hydrogens (tertiary/aromatic N) is 1. The van der Waals surface area contributed by atoms with Gasteiger partial charge in [-0.2, -0.15) is 5.43 Å². The average Bonchev–Trinajstić information content (AvgIpc) is 2.05. The lowest BCUT2D eigenvalue weighted by Crippen LogP contribution is -2.91. The average molecular weight is 167 g/mol. The first-order valence-corrected chi connectivity index (χ1v) is 4.00. The largest absolute Gasteiger partial charge is 0.266 e. The predicted molar refractivity (Wildman–Crippen MR) is 49.0 cm³/mol. The van der Waals surface area contributed by atoms with Crippen LogP contribution in [0.5, 0.6) is 0 Å². The molecule has 0 bridgehead atoms. The van der Waals surface area contributed by atoms with Crippen LogP contribution in [0.2, 0.25) is 0 Å². The lowest BCUT2D eigenvalue weighted by atomic mass is 10.0. The molecule has 1 aliphatic carbocycles. The third-order valence-electron chi connectivity index (χ3n) is 1.55. The van der Waals surface area contributed by atoms with Gasteiger partial charge in [0.05, 0.1) is 6.21 Å². The van der Waals surface area contributed by atoms with Crippen molar-refractivity contribution in [2.45, 2.75) is 12.7 Å². The summed E-state index contributed by atoms with van der Waals surface area (Å²) in [6.07, 6.45) is 10.7. The van der Waals surface area contributed by atoms with Crippen molar-refractivity contribution < 1.29 is 5.43 Å². The molecule has 0 unspecified atom stereocenters. The molecule has 0 aromatic heterocycles. The summed E-state index contributed by atoms with van der Waals surface area (Å²) in [7, 11) is 0. The molecule has 1 aliphatic rings. The lowest BCUT2D eigenvalue weighted by Gasteiger charge is -2.04. The minimum Gasteiger partial charge on any atom is -0.266 e. The molecular formula is C8H15N4+. The van der Waals surface area contributed by atoms with Crippen LogP contribution in [0.3, 0.4) is 0 Å². The van der Waals surface area contributed by atoms with E-state index in [1.165, 1.54) is 5.43 Å². The number of allylic oxidation sites excluding steroid dienone is 4. The fourth-order valence-electron chi connectivity index (χ4n) is 0.970. The molecule has 0 aromatic rings. The third-order valence-corrected chi connectivity index (χ3v) is 1.55. The van der Waals surface area contributed by atoms with Crippen LogP contribution in [-0.2, 0) is 0 Å². The van der Waals surface area contributed by atoms with Crippen LogP contribution in [0.25, 0.3) is 0 Å². The highest BCUT2D eigenvalue weighted by Crippen LogP contribution is 2.07. The highest BCUT2D eigenvalue weighted by atomic mass is 15.4. The molecular weight excluding hydrogens is 152 g/mol. The zero-order valence-corrected chi connectivity index (χ0v) is 6.93. The monoisotopic (exact) mass is 167 g/mol. The molecule has 0 aliphatic heterocycles. The normalized spacial score (nSPS) is 22.8. The zero-order valence-electron chi connectivity index (χ0n) is 6.93. The Kier molecular flexibility index (Phi) is 3.66. The van der Waals surface area contributed by atoms with Gasteiger partial charge in [-0.3, -0.25) is 11.5 Å². The smallest absolute Gasteiger partial charge is 0.216 e. The van der Waals surface area contributed by atoms with Crippen LogP contribution in [0, 0.1) is 5.92 Å². The van der Waals surface area contributed by atoms with E-state index in [0.717, 1.165) is 6.42 Å². The SMILES string of the molecule is NC(N)[NH2+]N=C[C@@H]1C=CC=CC1. The Labute approximate surface area is 72.0 Å². The summed E-state index contributed by atoms with van der Waals surface area (Å²) in [6.45, 7) is 0. The first-order chi connectivity index (χ1) is 5.79. The molecule has 1 rings (SSSR count). The standard InChI is InChI=1S/C8H14N4/c9-8(10)12-11-6-7-4-2-1-3-5-7/h1-4,6-8,12H,5,9-10H2/p+1/t7-/m1/s1. The van der Waals surface area contributed by atoms with Gasteiger partial charge in [0.15, 0.2) is 0 Å². The summed E-state index contributed by atoms with van der Waals surface area (Å²) in [5, 5.41) is 4.01. The second kappa shape index (κ2) is 4.82. The van der Waals surface area contributed by atoms with E-state index in [-0.39, 0.29) is 0 Å². The van der Waals surface area contributed by atoms with Crippen molar-refractivity contribution >= 4 is 6.21 Å². The minimum absolute atomic E-state index is 0.394. The molecule has 0 saturated heterocycles. The van der Waals surface area contributed by atoms with Crippen molar-refractivity contribution in [3.8, 4) is 0 Å². The lowest BCUT2D eigenvalue weighted by molar-refractivity contribution is -0.694. The summed E-state index contributed by atoms with van der Waals surface area (Å²) in [5.41, 5.74) is 12.1. The molecule has 0 amide bonds. The number of nitrogens with two attached hydrogens (primary N) is 3. The third kappa shape index (κ3) is 3.43. The van der Waals surface area contributed by atoms with Gasteiger partial charge in [-0.1, -0.05) is 29.4 Å². The number of hydrogen-bond acceptors (Lipinski definition) is 3. The van der Waals surface area contributed by atoms with E-state index in [2.05, 4.69) is 17.3 Å². The first-order valence-electron chi connectivity index (χ1n) is 4.00. The van der Waals surface area contributed by atoms with Gasteiger partial charge in [0, 0.05) is 5.92 Å². The van der Waals surface area contributed by atoms with Crippen molar-refractivity contribution in [1.29, 1.82) is 0 Å². The molecule has 0 saturated carbocycles. The van der Waals surface area contributed by atoms with Crippen molar-refractivity contribution in [3.63, 3.8) is 0 Å². The fraction of sp³-hybridized carbons (Fsp3) is 0.375. The summed E-state index contributed by atoms with van der Waals surface area (Å²) < 4.78 is 0. The quantitative estimate of drug-likeness (QED) is 0.215. The van der Waals surface area contributed by atoms with Gasteiger partial charge >= 0.3 is 0 Å². The zero-order chi connectivity index (χ0) is 8.81. The molecule has 0 aromatic carbocycles. The van der Waals surface area contributed by atoms with E-state index in [9.17, 15) is 0 Å². The maximum Gasteiger partial charge on any atom is 0.216 e. The molecule has 0 spiro atoms. The maximum atomic E-state index is 5.28. The van der Waals surface area contributed by atoms with Gasteiger partial charge < -0.3 is 0 Å². The molecule has 6 N–H and O–H groups in total. The topological polar surface area (TPSA) is 81.0 Å². The predicted octanol–water partition coefficient (Wildman–Crippen LogP) is -1.13. The van der Waals surface area contributed by atoms with Gasteiger partial charge in [0.1, 0.15) is 0 Å². The Morgan fingerprint density at radius 3 is 2.92 bits per heavy atom. The van der Waals surface area contributed by atoms with Gasteiger partial charge in [-0.15, -0.1) is 0 Å². The number of hydrogen-bond donors (Lipinski definition) is 3. The number of quaternary nitrogens is 1. The van der Waals surface area contributed by atoms with E-state index in [1.807, 2.05) is 18.4 Å². The molecule has 0 fully saturated rings. The van der Waals surface area contributed by atoms with E-state index >= 15 is 0 Å². The van der Waals surface area contributed by atoms with Crippen molar-refractivity contribution in [2.24, 2.45) is 22.5 Å². The molecule has 66 valence electrons. The molecule has 0 radical (unpaired) electrons. The minimum atomic E-state index is -0.454. The van der Waals surface area contributed by atoms with Gasteiger partial charge in [0.25, 0.3) is 0 Å². The molecule has 0 heterocycles. The number of rotatable bonds is 3. The highest BCUT2D eigenvalue weighted by molar-refractivity contribution is 5.63. The van der Waals surface area contributed by atoms with Crippen LogP contribution in [0.4, 0.5) is 0 Å². The Morgan fingerprint density at radius 2 is 2.33 bits per heavy atom. The highest BCUT2D eigenvalue weighted by Gasteiger charge is 2.01. The van der Waals surface area contributed by atoms with Crippen LogP contribution < -0.4 is 16.9 Å². The Balaban J connectivity index is 2.26. The second-order valence-corrected chi connectivity index (χ2v) is 2.74. The molecule has 1 atom stereocenters. The second-order valence-electron chi connectivity index (χ2n) is 2.74. The van der Waals surface area contributed by atoms with Crippen LogP contribution in [0.1, 0.15) is 6.42 Å². The Morgan fingerprint density at radius 1 is 1.50 bits per heavy atom. The van der Waals surface area contributed by atoms with Crippen molar-refractivity contribution in [3.05, 3.63) is 24.3 Å².